The van der Waals surface area contributed by atoms with Gasteiger partial charge >= 0.3 is 0 Å². The van der Waals surface area contributed by atoms with E-state index in [2.05, 4.69) is 50.6 Å². The highest BCUT2D eigenvalue weighted by Crippen LogP contribution is 2.36. The van der Waals surface area contributed by atoms with Crippen LogP contribution in [0.15, 0.2) is 50.9 Å². The van der Waals surface area contributed by atoms with Gasteiger partial charge in [0.05, 0.1) is 0 Å². The van der Waals surface area contributed by atoms with Crippen molar-refractivity contribution in [3.63, 3.8) is 0 Å². The summed E-state index contributed by atoms with van der Waals surface area (Å²) in [6.45, 7) is 2.17. The average molecular weight is 420 g/mol. The van der Waals surface area contributed by atoms with Crippen molar-refractivity contribution in [2.24, 2.45) is 21.8 Å². The highest BCUT2D eigenvalue weighted by Gasteiger charge is 2.18. The largest absolute Gasteiger partial charge is 0.382 e. The minimum Gasteiger partial charge on any atom is -0.382 e. The predicted molar refractivity (Wildman–Crippen MR) is 109 cm³/mol. The minimum absolute atomic E-state index is 0.270. The lowest BCUT2D eigenvalue weighted by atomic mass is 9.89. The number of nitrogens with two attached hydrogens (primary N) is 3. The summed E-state index contributed by atoms with van der Waals surface area (Å²) >= 11 is 4.65. The van der Waals surface area contributed by atoms with Gasteiger partial charge in [-0.1, -0.05) is 30.3 Å². The Morgan fingerprint density at radius 1 is 1.12 bits per heavy atom. The van der Waals surface area contributed by atoms with E-state index in [-0.39, 0.29) is 5.84 Å². The fraction of sp³-hybridized carbons (Fsp3) is 0.278. The first-order chi connectivity index (χ1) is 12.2. The zero-order valence-corrected chi connectivity index (χ0v) is 16.2. The molecule has 0 spiro atoms. The zero-order chi connectivity index (χ0) is 17.8. The van der Waals surface area contributed by atoms with Crippen LogP contribution < -0.4 is 22.0 Å². The predicted octanol–water partition coefficient (Wildman–Crippen LogP) is 3.13. The van der Waals surface area contributed by atoms with Crippen LogP contribution in [-0.2, 0) is 0 Å². The molecule has 1 fully saturated rings. The standard InChI is InChI=1S/C18H22BrN5S/c19-15-6-5-14(16(17(15)25-22)18(20)24-21)13-3-1-11(2-4-13)12-7-9-23-10-8-12/h1-6,12,23H,7-10,21-22H2,(H2,20,24). The molecule has 3 rings (SSSR count). The molecule has 0 radical (unpaired) electrons. The lowest BCUT2D eigenvalue weighted by molar-refractivity contribution is 0.460. The van der Waals surface area contributed by atoms with Gasteiger partial charge in [0.15, 0.2) is 5.84 Å². The second kappa shape index (κ2) is 8.23. The van der Waals surface area contributed by atoms with E-state index < -0.39 is 0 Å². The molecule has 2 aromatic carbocycles. The Hall–Kier alpha value is -1.54. The van der Waals surface area contributed by atoms with Crippen molar-refractivity contribution in [3.8, 4) is 11.1 Å². The Kier molecular flexibility index (Phi) is 6.01. The Bertz CT molecular complexity index is 770. The third kappa shape index (κ3) is 3.84. The summed E-state index contributed by atoms with van der Waals surface area (Å²) in [7, 11) is 0. The normalized spacial score (nSPS) is 16.2. The van der Waals surface area contributed by atoms with Crippen molar-refractivity contribution < 1.29 is 0 Å². The number of hydrogen-bond donors (Lipinski definition) is 4. The molecule has 7 heteroatoms. The van der Waals surface area contributed by atoms with E-state index in [0.717, 1.165) is 51.1 Å². The van der Waals surface area contributed by atoms with Crippen molar-refractivity contribution in [2.45, 2.75) is 23.7 Å². The first kappa shape index (κ1) is 18.3. The highest BCUT2D eigenvalue weighted by atomic mass is 79.9. The summed E-state index contributed by atoms with van der Waals surface area (Å²) in [4.78, 5) is 0.826. The topological polar surface area (TPSA) is 102 Å². The van der Waals surface area contributed by atoms with E-state index in [1.165, 1.54) is 18.4 Å². The van der Waals surface area contributed by atoms with Crippen molar-refractivity contribution in [2.75, 3.05) is 13.1 Å². The van der Waals surface area contributed by atoms with E-state index in [4.69, 9.17) is 16.7 Å². The van der Waals surface area contributed by atoms with Crippen LogP contribution >= 0.6 is 27.9 Å². The molecule has 0 atom stereocenters. The van der Waals surface area contributed by atoms with Crippen LogP contribution in [0.1, 0.15) is 29.9 Å². The summed E-state index contributed by atoms with van der Waals surface area (Å²) in [5, 5.41) is 12.9. The van der Waals surface area contributed by atoms with Gasteiger partial charge in [0.2, 0.25) is 0 Å². The number of piperidine rings is 1. The van der Waals surface area contributed by atoms with Crippen molar-refractivity contribution >= 4 is 33.7 Å². The highest BCUT2D eigenvalue weighted by molar-refractivity contribution is 9.10. The number of hydrogen-bond acceptors (Lipinski definition) is 5. The molecule has 132 valence electrons. The van der Waals surface area contributed by atoms with E-state index in [9.17, 15) is 0 Å². The number of nitrogens with one attached hydrogen (secondary N) is 1. The molecular formula is C18H22BrN5S. The second-order valence-corrected chi connectivity index (χ2v) is 7.58. The molecule has 1 aliphatic rings. The minimum atomic E-state index is 0.270. The third-order valence-corrected chi connectivity index (χ3v) is 6.24. The molecular weight excluding hydrogens is 398 g/mol. The van der Waals surface area contributed by atoms with Crippen molar-refractivity contribution in [1.82, 2.24) is 5.32 Å². The molecule has 0 saturated carbocycles. The fourth-order valence-corrected chi connectivity index (χ4v) is 4.45. The van der Waals surface area contributed by atoms with Gasteiger partial charge in [-0.3, -0.25) is 5.14 Å². The molecule has 0 aliphatic carbocycles. The molecule has 0 amide bonds. The van der Waals surface area contributed by atoms with Crippen LogP contribution in [0.25, 0.3) is 11.1 Å². The van der Waals surface area contributed by atoms with Crippen LogP contribution in [0.5, 0.6) is 0 Å². The Morgan fingerprint density at radius 2 is 1.80 bits per heavy atom. The number of benzene rings is 2. The lowest BCUT2D eigenvalue weighted by Gasteiger charge is -2.23. The van der Waals surface area contributed by atoms with Gasteiger partial charge in [0, 0.05) is 14.9 Å². The van der Waals surface area contributed by atoms with Crippen LogP contribution in [-0.4, -0.2) is 18.9 Å². The number of amidine groups is 1. The van der Waals surface area contributed by atoms with Gasteiger partial charge in [-0.25, -0.2) is 0 Å². The van der Waals surface area contributed by atoms with Crippen molar-refractivity contribution in [3.05, 3.63) is 52.0 Å². The van der Waals surface area contributed by atoms with E-state index in [0.29, 0.717) is 5.92 Å². The fourth-order valence-electron chi connectivity index (χ4n) is 3.32. The molecule has 1 saturated heterocycles. The Labute approximate surface area is 160 Å². The number of nitrogens with zero attached hydrogens (tertiary/aromatic N) is 1. The monoisotopic (exact) mass is 419 g/mol. The van der Waals surface area contributed by atoms with Crippen LogP contribution in [0.4, 0.5) is 0 Å². The second-order valence-electron chi connectivity index (χ2n) is 6.08. The van der Waals surface area contributed by atoms with E-state index in [1.54, 1.807) is 0 Å². The maximum atomic E-state index is 6.05. The number of rotatable bonds is 4. The summed E-state index contributed by atoms with van der Waals surface area (Å²) in [6.07, 6.45) is 2.37. The Morgan fingerprint density at radius 3 is 2.40 bits per heavy atom. The van der Waals surface area contributed by atoms with Gasteiger partial charge in [0.1, 0.15) is 0 Å². The summed E-state index contributed by atoms with van der Waals surface area (Å²) in [5.41, 5.74) is 10.2. The molecule has 0 unspecified atom stereocenters. The van der Waals surface area contributed by atoms with Gasteiger partial charge < -0.3 is 16.9 Å². The third-order valence-electron chi connectivity index (χ3n) is 4.65. The molecule has 1 aliphatic heterocycles. The van der Waals surface area contributed by atoms with Gasteiger partial charge in [-0.15, -0.1) is 0 Å². The molecule has 0 aromatic heterocycles. The van der Waals surface area contributed by atoms with Crippen LogP contribution in [0.2, 0.25) is 0 Å². The summed E-state index contributed by atoms with van der Waals surface area (Å²) in [6, 6.07) is 12.7. The summed E-state index contributed by atoms with van der Waals surface area (Å²) < 4.78 is 0.872. The average Bonchev–Trinajstić information content (AvgIpc) is 2.68. The zero-order valence-electron chi connectivity index (χ0n) is 13.8. The molecule has 1 heterocycles. The maximum Gasteiger partial charge on any atom is 0.152 e. The first-order valence-corrected chi connectivity index (χ1v) is 9.87. The maximum absolute atomic E-state index is 6.05. The summed E-state index contributed by atoms with van der Waals surface area (Å²) in [5.74, 6) is 6.34. The van der Waals surface area contributed by atoms with Gasteiger partial charge in [-0.05, 0) is 82.5 Å². The quantitative estimate of drug-likeness (QED) is 0.200. The molecule has 5 nitrogen and oxygen atoms in total. The molecule has 7 N–H and O–H groups in total. The van der Waals surface area contributed by atoms with Gasteiger partial charge in [0.25, 0.3) is 0 Å². The molecule has 25 heavy (non-hydrogen) atoms. The van der Waals surface area contributed by atoms with E-state index in [1.807, 2.05) is 12.1 Å². The van der Waals surface area contributed by atoms with Gasteiger partial charge in [-0.2, -0.15) is 5.10 Å². The van der Waals surface area contributed by atoms with E-state index >= 15 is 0 Å². The Balaban J connectivity index is 2.01. The molecule has 0 bridgehead atoms. The SMILES string of the molecule is N/N=C(\N)c1c(-c2ccc(C3CCNCC3)cc2)ccc(Br)c1SN. The number of hydrazone groups is 1. The first-order valence-electron chi connectivity index (χ1n) is 8.19. The van der Waals surface area contributed by atoms with Crippen LogP contribution in [0.3, 0.4) is 0 Å². The smallest absolute Gasteiger partial charge is 0.152 e. The lowest BCUT2D eigenvalue weighted by Crippen LogP contribution is -2.26. The van der Waals surface area contributed by atoms with Crippen LogP contribution in [0, 0.1) is 0 Å². The van der Waals surface area contributed by atoms with Crippen molar-refractivity contribution in [1.29, 1.82) is 0 Å². The molecule has 2 aromatic rings. The number of halogens is 1.